The van der Waals surface area contributed by atoms with Crippen molar-refractivity contribution >= 4 is 11.7 Å². The molecule has 0 radical (unpaired) electrons. The van der Waals surface area contributed by atoms with Gasteiger partial charge in [0, 0.05) is 29.9 Å². The van der Waals surface area contributed by atoms with Gasteiger partial charge in [-0.15, -0.1) is 0 Å². The van der Waals surface area contributed by atoms with Crippen molar-refractivity contribution in [1.29, 1.82) is 0 Å². The summed E-state index contributed by atoms with van der Waals surface area (Å²) in [4.78, 5) is 18.3. The average Bonchev–Trinajstić information content (AvgIpc) is 2.72. The lowest BCUT2D eigenvalue weighted by atomic mass is 9.78. The second-order valence-electron chi connectivity index (χ2n) is 7.02. The first-order valence-corrected chi connectivity index (χ1v) is 9.58. The third-order valence-electron chi connectivity index (χ3n) is 5.08. The Kier molecular flexibility index (Phi) is 5.20. The van der Waals surface area contributed by atoms with Crippen LogP contribution in [0.1, 0.15) is 41.8 Å². The number of aromatic nitrogens is 3. The molecule has 2 heterocycles. The van der Waals surface area contributed by atoms with Gasteiger partial charge in [0.1, 0.15) is 12.4 Å². The zero-order chi connectivity index (χ0) is 20.4. The number of nitrogens with two attached hydrogens (primary N) is 1. The number of nitrogen functional groups attached to an aromatic ring is 1. The molecule has 0 saturated heterocycles. The number of benzene rings is 1. The third kappa shape index (κ3) is 3.81. The maximum absolute atomic E-state index is 14.1. The molecule has 148 valence electrons. The van der Waals surface area contributed by atoms with Crippen LogP contribution >= 0.6 is 0 Å². The number of pyridine rings is 1. The zero-order valence-electron chi connectivity index (χ0n) is 16.4. The van der Waals surface area contributed by atoms with Gasteiger partial charge in [0.2, 0.25) is 5.95 Å². The van der Waals surface area contributed by atoms with E-state index in [2.05, 4.69) is 20.1 Å². The van der Waals surface area contributed by atoms with Gasteiger partial charge in [-0.05, 0) is 55.5 Å². The van der Waals surface area contributed by atoms with E-state index in [1.807, 2.05) is 32.0 Å². The summed E-state index contributed by atoms with van der Waals surface area (Å²) in [7, 11) is 0. The Labute approximate surface area is 168 Å². The van der Waals surface area contributed by atoms with Crippen LogP contribution in [-0.4, -0.2) is 27.3 Å². The van der Waals surface area contributed by atoms with Crippen LogP contribution in [-0.2, 0) is 11.3 Å². The van der Waals surface area contributed by atoms with Crippen molar-refractivity contribution in [1.82, 2.24) is 15.0 Å². The van der Waals surface area contributed by atoms with Crippen molar-refractivity contribution in [3.63, 3.8) is 0 Å². The molecule has 0 amide bonds. The average molecular weight is 391 g/mol. The van der Waals surface area contributed by atoms with Crippen molar-refractivity contribution < 1.29 is 9.23 Å². The molecule has 0 saturated carbocycles. The topological polar surface area (TPSA) is 86.3 Å². The standard InChI is InChI=1S/C22H22FN5O/c1-3-29-28-20-10-15(9-19-21(20)13(2)26-22(24)27-19)17-7-6-16(23)11-18(17)14-5-4-8-25-12-14/h4-8,11-12,15H,3,9-10H2,1-2H3,(H2,24,26,27)/b28-20+/t15-/m0/s1. The Morgan fingerprint density at radius 3 is 2.86 bits per heavy atom. The predicted molar refractivity (Wildman–Crippen MR) is 110 cm³/mol. The lowest BCUT2D eigenvalue weighted by molar-refractivity contribution is 0.158. The predicted octanol–water partition coefficient (Wildman–Crippen LogP) is 4.04. The Balaban J connectivity index is 1.83. The summed E-state index contributed by atoms with van der Waals surface area (Å²) in [6, 6.07) is 8.66. The molecule has 1 aliphatic rings. The van der Waals surface area contributed by atoms with Crippen molar-refractivity contribution in [2.75, 3.05) is 12.3 Å². The van der Waals surface area contributed by atoms with Gasteiger partial charge in [-0.2, -0.15) is 0 Å². The van der Waals surface area contributed by atoms with Crippen LogP contribution in [0.3, 0.4) is 0 Å². The summed E-state index contributed by atoms with van der Waals surface area (Å²) in [5.74, 6) is 0.00453. The molecule has 2 N–H and O–H groups in total. The van der Waals surface area contributed by atoms with E-state index in [1.54, 1.807) is 18.5 Å². The number of oxime groups is 1. The molecule has 7 heteroatoms. The lowest BCUT2D eigenvalue weighted by Gasteiger charge is -2.28. The highest BCUT2D eigenvalue weighted by Crippen LogP contribution is 2.38. The number of fused-ring (bicyclic) bond motifs is 1. The fourth-order valence-electron chi connectivity index (χ4n) is 3.92. The van der Waals surface area contributed by atoms with Crippen molar-refractivity contribution in [3.05, 3.63) is 71.1 Å². The highest BCUT2D eigenvalue weighted by molar-refractivity contribution is 6.03. The van der Waals surface area contributed by atoms with Gasteiger partial charge >= 0.3 is 0 Å². The Bertz CT molecular complexity index is 1070. The highest BCUT2D eigenvalue weighted by Gasteiger charge is 2.30. The molecule has 6 nitrogen and oxygen atoms in total. The van der Waals surface area contributed by atoms with E-state index in [0.717, 1.165) is 39.4 Å². The summed E-state index contributed by atoms with van der Waals surface area (Å²) in [5.41, 5.74) is 11.9. The number of nitrogens with zero attached hydrogens (tertiary/aromatic N) is 4. The fourth-order valence-corrected chi connectivity index (χ4v) is 3.92. The smallest absolute Gasteiger partial charge is 0.220 e. The van der Waals surface area contributed by atoms with E-state index in [1.165, 1.54) is 6.07 Å². The maximum atomic E-state index is 14.1. The summed E-state index contributed by atoms with van der Waals surface area (Å²) < 4.78 is 14.1. The van der Waals surface area contributed by atoms with E-state index in [9.17, 15) is 4.39 Å². The minimum absolute atomic E-state index is 0.0474. The minimum atomic E-state index is -0.283. The minimum Gasteiger partial charge on any atom is -0.396 e. The first-order valence-electron chi connectivity index (χ1n) is 9.58. The van der Waals surface area contributed by atoms with Crippen molar-refractivity contribution in [2.45, 2.75) is 32.6 Å². The first kappa shape index (κ1) is 19.0. The number of anilines is 1. The van der Waals surface area contributed by atoms with Crippen LogP contribution in [0.2, 0.25) is 0 Å². The molecular formula is C22H22FN5O. The molecule has 0 bridgehead atoms. The van der Waals surface area contributed by atoms with Gasteiger partial charge in [-0.3, -0.25) is 4.98 Å². The molecule has 3 aromatic rings. The second kappa shape index (κ2) is 7.95. The van der Waals surface area contributed by atoms with Crippen LogP contribution < -0.4 is 5.73 Å². The third-order valence-corrected chi connectivity index (χ3v) is 5.08. The molecule has 0 aliphatic heterocycles. The monoisotopic (exact) mass is 391 g/mol. The second-order valence-corrected chi connectivity index (χ2v) is 7.02. The number of aryl methyl sites for hydroxylation is 1. The van der Waals surface area contributed by atoms with Gasteiger partial charge in [-0.25, -0.2) is 14.4 Å². The zero-order valence-corrected chi connectivity index (χ0v) is 16.4. The van der Waals surface area contributed by atoms with Crippen LogP contribution in [0.5, 0.6) is 0 Å². The molecule has 1 atom stereocenters. The van der Waals surface area contributed by atoms with Gasteiger partial charge in [0.15, 0.2) is 0 Å². The quantitative estimate of drug-likeness (QED) is 0.679. The number of rotatable bonds is 4. The number of hydrogen-bond donors (Lipinski definition) is 1. The van der Waals surface area contributed by atoms with Crippen LogP contribution in [0.25, 0.3) is 11.1 Å². The van der Waals surface area contributed by atoms with Crippen LogP contribution in [0, 0.1) is 12.7 Å². The van der Waals surface area contributed by atoms with E-state index in [-0.39, 0.29) is 17.7 Å². The van der Waals surface area contributed by atoms with E-state index >= 15 is 0 Å². The van der Waals surface area contributed by atoms with Crippen molar-refractivity contribution in [2.24, 2.45) is 5.16 Å². The van der Waals surface area contributed by atoms with Crippen LogP contribution in [0.4, 0.5) is 10.3 Å². The molecular weight excluding hydrogens is 369 g/mol. The molecule has 0 fully saturated rings. The number of halogens is 1. The summed E-state index contributed by atoms with van der Waals surface area (Å²) >= 11 is 0. The van der Waals surface area contributed by atoms with E-state index in [4.69, 9.17) is 10.6 Å². The lowest BCUT2D eigenvalue weighted by Crippen LogP contribution is -2.24. The molecule has 2 aromatic heterocycles. The Morgan fingerprint density at radius 2 is 2.10 bits per heavy atom. The molecule has 1 aliphatic carbocycles. The van der Waals surface area contributed by atoms with Gasteiger partial charge in [0.25, 0.3) is 0 Å². The molecule has 1 aromatic carbocycles. The Hall–Kier alpha value is -3.35. The van der Waals surface area contributed by atoms with Gasteiger partial charge < -0.3 is 10.6 Å². The molecule has 0 unspecified atom stereocenters. The van der Waals surface area contributed by atoms with Gasteiger partial charge in [-0.1, -0.05) is 17.3 Å². The molecule has 29 heavy (non-hydrogen) atoms. The number of hydrogen-bond acceptors (Lipinski definition) is 6. The van der Waals surface area contributed by atoms with E-state index < -0.39 is 0 Å². The Morgan fingerprint density at radius 1 is 1.24 bits per heavy atom. The SMILES string of the molecule is CCO/N=C1\C[C@@H](c2ccc(F)cc2-c2cccnc2)Cc2nc(N)nc(C)c21. The molecule has 4 rings (SSSR count). The van der Waals surface area contributed by atoms with Gasteiger partial charge in [0.05, 0.1) is 17.1 Å². The van der Waals surface area contributed by atoms with Crippen molar-refractivity contribution in [3.8, 4) is 11.1 Å². The summed E-state index contributed by atoms with van der Waals surface area (Å²) in [6.07, 6.45) is 4.75. The largest absolute Gasteiger partial charge is 0.396 e. The van der Waals surface area contributed by atoms with E-state index in [0.29, 0.717) is 19.4 Å². The normalized spacial score (nSPS) is 17.2. The summed E-state index contributed by atoms with van der Waals surface area (Å²) in [6.45, 7) is 4.26. The maximum Gasteiger partial charge on any atom is 0.220 e. The summed E-state index contributed by atoms with van der Waals surface area (Å²) in [5, 5.41) is 4.34. The molecule has 0 spiro atoms. The van der Waals surface area contributed by atoms with Crippen LogP contribution in [0.15, 0.2) is 47.9 Å². The highest BCUT2D eigenvalue weighted by atomic mass is 19.1. The fraction of sp³-hybridized carbons (Fsp3) is 0.273. The first-order chi connectivity index (χ1) is 14.1.